The molecule has 1 aliphatic carbocycles. The summed E-state index contributed by atoms with van der Waals surface area (Å²) in [5.74, 6) is 0.512. The molecule has 0 radical (unpaired) electrons. The Morgan fingerprint density at radius 1 is 1.53 bits per heavy atom. The van der Waals surface area contributed by atoms with E-state index in [1.54, 1.807) is 6.07 Å². The molecule has 0 bridgehead atoms. The first-order chi connectivity index (χ1) is 8.97. The van der Waals surface area contributed by atoms with Crippen LogP contribution in [0.1, 0.15) is 37.4 Å². The quantitative estimate of drug-likeness (QED) is 0.850. The Labute approximate surface area is 114 Å². The van der Waals surface area contributed by atoms with Crippen LogP contribution in [0.2, 0.25) is 0 Å². The third-order valence-corrected chi connectivity index (χ3v) is 3.57. The second-order valence-electron chi connectivity index (χ2n) is 5.73. The maximum Gasteiger partial charge on any atom is 0.231 e. The molecule has 3 N–H and O–H groups in total. The summed E-state index contributed by atoms with van der Waals surface area (Å²) in [6.45, 7) is 5.43. The van der Waals surface area contributed by atoms with Gasteiger partial charge in [0, 0.05) is 12.6 Å². The van der Waals surface area contributed by atoms with Gasteiger partial charge in [-0.15, -0.1) is 0 Å². The molecule has 104 valence electrons. The molecule has 0 saturated heterocycles. The van der Waals surface area contributed by atoms with Gasteiger partial charge >= 0.3 is 0 Å². The molecule has 1 atom stereocenters. The fourth-order valence-corrected chi connectivity index (χ4v) is 2.93. The summed E-state index contributed by atoms with van der Waals surface area (Å²) >= 11 is 0. The molecular weight excluding hydrogens is 240 g/mol. The minimum absolute atomic E-state index is 0.241. The minimum atomic E-state index is -0.284. The molecule has 4 nitrogen and oxygen atoms in total. The van der Waals surface area contributed by atoms with Crippen molar-refractivity contribution >= 4 is 5.91 Å². The second-order valence-corrected chi connectivity index (χ2v) is 5.73. The summed E-state index contributed by atoms with van der Waals surface area (Å²) in [6.07, 6.45) is 1.93. The van der Waals surface area contributed by atoms with Crippen molar-refractivity contribution in [2.24, 2.45) is 11.7 Å². The molecule has 1 aromatic carbocycles. The van der Waals surface area contributed by atoms with Gasteiger partial charge in [0.25, 0.3) is 0 Å². The Morgan fingerprint density at radius 2 is 2.26 bits per heavy atom. The monoisotopic (exact) mass is 262 g/mol. The van der Waals surface area contributed by atoms with E-state index in [2.05, 4.69) is 18.7 Å². The average Bonchev–Trinajstić information content (AvgIpc) is 2.69. The van der Waals surface area contributed by atoms with Gasteiger partial charge < -0.3 is 10.8 Å². The van der Waals surface area contributed by atoms with Crippen molar-refractivity contribution in [2.45, 2.75) is 32.7 Å². The van der Waals surface area contributed by atoms with Crippen LogP contribution in [-0.4, -0.2) is 29.0 Å². The molecule has 0 spiro atoms. The first-order valence-corrected chi connectivity index (χ1v) is 6.81. The average molecular weight is 262 g/mol. The Kier molecular flexibility index (Phi) is 4.10. The predicted octanol–water partition coefficient (Wildman–Crippen LogP) is 1.82. The van der Waals surface area contributed by atoms with Crippen molar-refractivity contribution in [3.8, 4) is 5.75 Å². The van der Waals surface area contributed by atoms with Gasteiger partial charge in [-0.05, 0) is 42.0 Å². The molecule has 0 heterocycles. The van der Waals surface area contributed by atoms with Crippen LogP contribution in [0.15, 0.2) is 18.2 Å². The van der Waals surface area contributed by atoms with Crippen LogP contribution in [0.4, 0.5) is 0 Å². The topological polar surface area (TPSA) is 66.6 Å². The number of carbonyl (C=O) groups excluding carboxylic acids is 1. The number of hydrogen-bond donors (Lipinski definition) is 2. The lowest BCUT2D eigenvalue weighted by Gasteiger charge is -2.30. The molecule has 2 rings (SSSR count). The van der Waals surface area contributed by atoms with Gasteiger partial charge in [-0.3, -0.25) is 9.69 Å². The summed E-state index contributed by atoms with van der Waals surface area (Å²) in [4.78, 5) is 13.4. The normalized spacial score (nSPS) is 18.0. The summed E-state index contributed by atoms with van der Waals surface area (Å²) in [5.41, 5.74) is 7.77. The molecule has 1 amide bonds. The summed E-state index contributed by atoms with van der Waals surface area (Å²) < 4.78 is 0. The summed E-state index contributed by atoms with van der Waals surface area (Å²) in [7, 11) is 0. The number of rotatable bonds is 5. The van der Waals surface area contributed by atoms with Crippen LogP contribution in [0.3, 0.4) is 0 Å². The van der Waals surface area contributed by atoms with Crippen LogP contribution < -0.4 is 5.73 Å². The first-order valence-electron chi connectivity index (χ1n) is 6.81. The fourth-order valence-electron chi connectivity index (χ4n) is 2.93. The highest BCUT2D eigenvalue weighted by atomic mass is 16.3. The van der Waals surface area contributed by atoms with E-state index in [0.717, 1.165) is 19.4 Å². The smallest absolute Gasteiger partial charge is 0.231 e. The number of benzene rings is 1. The third-order valence-electron chi connectivity index (χ3n) is 3.57. The standard InChI is InChI=1S/C15H22N2O2/c1-10(2)8-17(9-15(16)19)14-6-3-11-7-12(18)4-5-13(11)14/h4-5,7,10,14,18H,3,6,8-9H2,1-2H3,(H2,16,19). The zero-order valence-electron chi connectivity index (χ0n) is 11.6. The lowest BCUT2D eigenvalue weighted by Crippen LogP contribution is -2.38. The molecule has 4 heteroatoms. The van der Waals surface area contributed by atoms with Gasteiger partial charge in [-0.1, -0.05) is 19.9 Å². The molecule has 1 unspecified atom stereocenters. The van der Waals surface area contributed by atoms with E-state index in [0.29, 0.717) is 18.2 Å². The highest BCUT2D eigenvalue weighted by molar-refractivity contribution is 5.76. The third kappa shape index (κ3) is 3.26. The number of hydrogen-bond acceptors (Lipinski definition) is 3. The summed E-state index contributed by atoms with van der Waals surface area (Å²) in [6, 6.07) is 5.75. The van der Waals surface area contributed by atoms with Gasteiger partial charge in [0.1, 0.15) is 5.75 Å². The molecule has 0 fully saturated rings. The van der Waals surface area contributed by atoms with E-state index in [4.69, 9.17) is 5.73 Å². The van der Waals surface area contributed by atoms with Gasteiger partial charge in [0.2, 0.25) is 5.91 Å². The van der Waals surface area contributed by atoms with Crippen molar-refractivity contribution in [3.63, 3.8) is 0 Å². The van der Waals surface area contributed by atoms with Crippen molar-refractivity contribution in [1.29, 1.82) is 0 Å². The van der Waals surface area contributed by atoms with E-state index >= 15 is 0 Å². The van der Waals surface area contributed by atoms with E-state index < -0.39 is 0 Å². The van der Waals surface area contributed by atoms with E-state index in [-0.39, 0.29) is 11.9 Å². The molecular formula is C15H22N2O2. The zero-order valence-corrected chi connectivity index (χ0v) is 11.6. The number of nitrogens with two attached hydrogens (primary N) is 1. The van der Waals surface area contributed by atoms with Crippen molar-refractivity contribution in [2.75, 3.05) is 13.1 Å². The summed E-state index contributed by atoms with van der Waals surface area (Å²) in [5, 5.41) is 9.52. The highest BCUT2D eigenvalue weighted by Gasteiger charge is 2.29. The largest absolute Gasteiger partial charge is 0.508 e. The molecule has 19 heavy (non-hydrogen) atoms. The number of aromatic hydroxyl groups is 1. The lowest BCUT2D eigenvalue weighted by atomic mass is 10.0. The molecule has 0 aliphatic heterocycles. The number of aryl methyl sites for hydroxylation is 1. The SMILES string of the molecule is CC(C)CN(CC(N)=O)C1CCc2cc(O)ccc21. The van der Waals surface area contributed by atoms with E-state index in [9.17, 15) is 9.90 Å². The van der Waals surface area contributed by atoms with E-state index in [1.165, 1.54) is 11.1 Å². The minimum Gasteiger partial charge on any atom is -0.508 e. The van der Waals surface area contributed by atoms with Crippen LogP contribution in [0.5, 0.6) is 5.75 Å². The number of carbonyl (C=O) groups is 1. The number of fused-ring (bicyclic) bond motifs is 1. The van der Waals surface area contributed by atoms with E-state index in [1.807, 2.05) is 12.1 Å². The molecule has 1 aromatic rings. The predicted molar refractivity (Wildman–Crippen MR) is 74.8 cm³/mol. The maximum atomic E-state index is 11.3. The van der Waals surface area contributed by atoms with Gasteiger partial charge in [0.05, 0.1) is 6.54 Å². The Morgan fingerprint density at radius 3 is 2.89 bits per heavy atom. The Hall–Kier alpha value is -1.55. The van der Waals surface area contributed by atoms with Gasteiger partial charge in [-0.25, -0.2) is 0 Å². The molecule has 0 saturated carbocycles. The molecule has 1 aliphatic rings. The number of amides is 1. The lowest BCUT2D eigenvalue weighted by molar-refractivity contribution is -0.119. The van der Waals surface area contributed by atoms with Crippen LogP contribution in [0.25, 0.3) is 0 Å². The number of phenolic OH excluding ortho intramolecular Hbond substituents is 1. The number of primary amides is 1. The highest BCUT2D eigenvalue weighted by Crippen LogP contribution is 2.37. The number of phenols is 1. The Bertz CT molecular complexity index is 471. The fraction of sp³-hybridized carbons (Fsp3) is 0.533. The van der Waals surface area contributed by atoms with Crippen molar-refractivity contribution < 1.29 is 9.90 Å². The maximum absolute atomic E-state index is 11.3. The van der Waals surface area contributed by atoms with Crippen LogP contribution in [-0.2, 0) is 11.2 Å². The Balaban J connectivity index is 2.22. The van der Waals surface area contributed by atoms with Crippen molar-refractivity contribution in [3.05, 3.63) is 29.3 Å². The van der Waals surface area contributed by atoms with Crippen LogP contribution >= 0.6 is 0 Å². The zero-order chi connectivity index (χ0) is 14.0. The van der Waals surface area contributed by atoms with Gasteiger partial charge in [-0.2, -0.15) is 0 Å². The van der Waals surface area contributed by atoms with Crippen LogP contribution in [0, 0.1) is 5.92 Å². The van der Waals surface area contributed by atoms with Crippen molar-refractivity contribution in [1.82, 2.24) is 4.90 Å². The van der Waals surface area contributed by atoms with Gasteiger partial charge in [0.15, 0.2) is 0 Å². The number of nitrogens with zero attached hydrogens (tertiary/aromatic N) is 1. The first kappa shape index (κ1) is 13.9. The second kappa shape index (κ2) is 5.61. The molecule has 0 aromatic heterocycles.